The van der Waals surface area contributed by atoms with E-state index in [1.54, 1.807) is 10.0 Å². The van der Waals surface area contributed by atoms with Gasteiger partial charge in [0.25, 0.3) is 0 Å². The van der Waals surface area contributed by atoms with Crippen LogP contribution >= 0.6 is 68.0 Å². The minimum absolute atomic E-state index is 0.0441. The van der Waals surface area contributed by atoms with Crippen LogP contribution in [0.15, 0.2) is 18.2 Å². The molecule has 0 spiro atoms. The molecule has 0 aromatic heterocycles. The molecule has 1 aromatic carbocycles. The van der Waals surface area contributed by atoms with Crippen molar-refractivity contribution < 1.29 is 4.79 Å². The zero-order chi connectivity index (χ0) is 10.0. The third-order valence-corrected chi connectivity index (χ3v) is 4.31. The molecule has 0 saturated carbocycles. The van der Waals surface area contributed by atoms with Crippen molar-refractivity contribution in [1.29, 1.82) is 0 Å². The van der Waals surface area contributed by atoms with Crippen LogP contribution in [0, 0.1) is 7.14 Å². The number of carbonyl (C=O) groups is 1. The number of halogens is 3. The van der Waals surface area contributed by atoms with Crippen LogP contribution in [0.25, 0.3) is 0 Å². The summed E-state index contributed by atoms with van der Waals surface area (Å²) in [5.74, 6) is 0.0441. The van der Waals surface area contributed by atoms with E-state index in [9.17, 15) is 4.79 Å². The fourth-order valence-electron chi connectivity index (χ4n) is 0.834. The first-order chi connectivity index (χ1) is 6.04. The van der Waals surface area contributed by atoms with E-state index in [1.165, 1.54) is 0 Å². The van der Waals surface area contributed by atoms with Crippen molar-refractivity contribution in [2.75, 3.05) is 3.11 Å². The lowest BCUT2D eigenvalue weighted by atomic mass is 10.3. The molecule has 5 heteroatoms. The van der Waals surface area contributed by atoms with E-state index in [1.807, 2.05) is 41.1 Å². The van der Waals surface area contributed by atoms with Crippen LogP contribution in [0.2, 0.25) is 0 Å². The van der Waals surface area contributed by atoms with E-state index in [2.05, 4.69) is 45.2 Å². The fourth-order valence-corrected chi connectivity index (χ4v) is 4.27. The summed E-state index contributed by atoms with van der Waals surface area (Å²) in [6, 6.07) is 5.97. The molecule has 0 aliphatic rings. The van der Waals surface area contributed by atoms with E-state index in [0.29, 0.717) is 0 Å². The fraction of sp³-hybridized carbons (Fsp3) is 0.125. The van der Waals surface area contributed by atoms with Crippen LogP contribution in [-0.2, 0) is 4.79 Å². The largest absolute Gasteiger partial charge is 0.274 e. The summed E-state index contributed by atoms with van der Waals surface area (Å²) in [5.41, 5.74) is 0.983. The van der Waals surface area contributed by atoms with Gasteiger partial charge in [-0.1, -0.05) is 6.07 Å². The second-order valence-corrected chi connectivity index (χ2v) is 5.66. The number of hydrogen-bond acceptors (Lipinski definition) is 1. The van der Waals surface area contributed by atoms with Gasteiger partial charge in [-0.3, -0.25) is 7.91 Å². The van der Waals surface area contributed by atoms with Gasteiger partial charge in [0.2, 0.25) is 5.91 Å². The monoisotopic (exact) mass is 513 g/mol. The first-order valence-corrected chi connectivity index (χ1v) is 6.56. The van der Waals surface area contributed by atoms with Crippen LogP contribution in [-0.4, -0.2) is 5.91 Å². The molecule has 2 nitrogen and oxygen atoms in total. The number of amides is 1. The number of benzene rings is 1. The Kier molecular flexibility index (Phi) is 4.69. The summed E-state index contributed by atoms with van der Waals surface area (Å²) in [4.78, 5) is 11.2. The Morgan fingerprint density at radius 2 is 1.77 bits per heavy atom. The van der Waals surface area contributed by atoms with Crippen molar-refractivity contribution in [2.24, 2.45) is 0 Å². The summed E-state index contributed by atoms with van der Waals surface area (Å²) in [6.07, 6.45) is 0. The van der Waals surface area contributed by atoms with Gasteiger partial charge in [0.1, 0.15) is 0 Å². The van der Waals surface area contributed by atoms with Crippen molar-refractivity contribution in [3.05, 3.63) is 25.3 Å². The van der Waals surface area contributed by atoms with E-state index >= 15 is 0 Å². The van der Waals surface area contributed by atoms with Gasteiger partial charge in [-0.2, -0.15) is 0 Å². The minimum atomic E-state index is 0.0441. The Morgan fingerprint density at radius 3 is 2.15 bits per heavy atom. The number of hydrogen-bond donors (Lipinski definition) is 0. The highest BCUT2D eigenvalue weighted by Crippen LogP contribution is 2.30. The second-order valence-electron chi connectivity index (χ2n) is 2.37. The second kappa shape index (κ2) is 5.10. The number of rotatable bonds is 1. The zero-order valence-corrected chi connectivity index (χ0v) is 13.2. The van der Waals surface area contributed by atoms with Gasteiger partial charge in [-0.15, -0.1) is 0 Å². The molecule has 0 fully saturated rings. The van der Waals surface area contributed by atoms with Gasteiger partial charge >= 0.3 is 0 Å². The smallest absolute Gasteiger partial charge is 0.232 e. The molecule has 0 bridgehead atoms. The van der Waals surface area contributed by atoms with Crippen molar-refractivity contribution in [3.63, 3.8) is 0 Å². The lowest BCUT2D eigenvalue weighted by Crippen LogP contribution is -2.17. The van der Waals surface area contributed by atoms with Crippen molar-refractivity contribution in [2.45, 2.75) is 6.92 Å². The molecule has 0 heterocycles. The number of anilines is 1. The molecule has 1 aromatic rings. The van der Waals surface area contributed by atoms with Crippen LogP contribution < -0.4 is 3.11 Å². The van der Waals surface area contributed by atoms with E-state index in [-0.39, 0.29) is 5.91 Å². The molecule has 0 atom stereocenters. The van der Waals surface area contributed by atoms with Crippen molar-refractivity contribution in [3.8, 4) is 0 Å². The highest BCUT2D eigenvalue weighted by Gasteiger charge is 2.13. The van der Waals surface area contributed by atoms with Crippen LogP contribution in [0.4, 0.5) is 5.69 Å². The van der Waals surface area contributed by atoms with E-state index in [0.717, 1.165) is 12.8 Å². The number of para-hydroxylation sites is 1. The quantitative estimate of drug-likeness (QED) is 0.416. The van der Waals surface area contributed by atoms with Crippen molar-refractivity contribution >= 4 is 79.6 Å². The van der Waals surface area contributed by atoms with Gasteiger partial charge in [0.05, 0.1) is 28.6 Å². The van der Waals surface area contributed by atoms with Gasteiger partial charge in [-0.25, -0.2) is 0 Å². The molecule has 0 N–H and O–H groups in total. The standard InChI is InChI=1S/C8H6I3NO/c1-5(13)12(11)8-6(9)3-2-4-7(8)10/h2-4H,1H3. The Bertz CT molecular complexity index is 320. The normalized spacial score (nSPS) is 9.85. The van der Waals surface area contributed by atoms with Crippen molar-refractivity contribution in [1.82, 2.24) is 0 Å². The molecular formula is C8H6I3NO. The molecule has 1 rings (SSSR count). The summed E-state index contributed by atoms with van der Waals surface area (Å²) in [7, 11) is 0. The summed E-state index contributed by atoms with van der Waals surface area (Å²) >= 11 is 6.49. The third-order valence-electron chi connectivity index (χ3n) is 1.41. The SMILES string of the molecule is CC(=O)N(I)c1c(I)cccc1I. The number of nitrogens with zero attached hydrogens (tertiary/aromatic N) is 1. The Labute approximate surface area is 118 Å². The van der Waals surface area contributed by atoms with Crippen LogP contribution in [0.3, 0.4) is 0 Å². The van der Waals surface area contributed by atoms with Crippen LogP contribution in [0.1, 0.15) is 6.92 Å². The molecule has 0 saturated heterocycles. The molecular weight excluding hydrogens is 507 g/mol. The van der Waals surface area contributed by atoms with Crippen LogP contribution in [0.5, 0.6) is 0 Å². The first kappa shape index (κ1) is 12.0. The zero-order valence-electron chi connectivity index (χ0n) is 6.72. The molecule has 0 radical (unpaired) electrons. The summed E-state index contributed by atoms with van der Waals surface area (Å²) in [5, 5.41) is 0. The summed E-state index contributed by atoms with van der Waals surface area (Å²) in [6.45, 7) is 1.56. The summed E-state index contributed by atoms with van der Waals surface area (Å²) < 4.78 is 3.82. The molecule has 70 valence electrons. The highest BCUT2D eigenvalue weighted by atomic mass is 127. The molecule has 0 aliphatic heterocycles. The average molecular weight is 513 g/mol. The predicted octanol–water partition coefficient (Wildman–Crippen LogP) is 3.60. The molecule has 0 aliphatic carbocycles. The highest BCUT2D eigenvalue weighted by molar-refractivity contribution is 14.1. The first-order valence-electron chi connectivity index (χ1n) is 3.44. The maximum absolute atomic E-state index is 11.2. The molecule has 13 heavy (non-hydrogen) atoms. The number of carbonyl (C=O) groups excluding carboxylic acids is 1. The van der Waals surface area contributed by atoms with Gasteiger partial charge in [0, 0.05) is 14.1 Å². The minimum Gasteiger partial charge on any atom is -0.274 e. The Balaban J connectivity index is 3.20. The lowest BCUT2D eigenvalue weighted by molar-refractivity contribution is -0.115. The topological polar surface area (TPSA) is 20.3 Å². The predicted molar refractivity (Wildman–Crippen MR) is 79.1 cm³/mol. The third kappa shape index (κ3) is 2.91. The van der Waals surface area contributed by atoms with Gasteiger partial charge in [-0.05, 0) is 57.3 Å². The van der Waals surface area contributed by atoms with Gasteiger partial charge < -0.3 is 0 Å². The lowest BCUT2D eigenvalue weighted by Gasteiger charge is -2.15. The van der Waals surface area contributed by atoms with E-state index in [4.69, 9.17) is 0 Å². The van der Waals surface area contributed by atoms with Gasteiger partial charge in [0.15, 0.2) is 0 Å². The maximum Gasteiger partial charge on any atom is 0.232 e. The van der Waals surface area contributed by atoms with E-state index < -0.39 is 0 Å². The average Bonchev–Trinajstić information content (AvgIpc) is 2.03. The Hall–Kier alpha value is 0.880. The maximum atomic E-state index is 11.2. The molecule has 0 unspecified atom stereocenters. The molecule has 1 amide bonds. The Morgan fingerprint density at radius 1 is 1.31 bits per heavy atom.